The van der Waals surface area contributed by atoms with Crippen LogP contribution in [0.2, 0.25) is 10.0 Å². The second kappa shape index (κ2) is 15.2. The first-order valence-corrected chi connectivity index (χ1v) is 17.0. The third kappa shape index (κ3) is 7.88. The Morgan fingerprint density at radius 1 is 1.11 bits per heavy atom. The van der Waals surface area contributed by atoms with Crippen molar-refractivity contribution in [1.82, 2.24) is 24.9 Å². The first-order chi connectivity index (χ1) is 22.4. The minimum Gasteiger partial charge on any atom is -0.379 e. The number of nitrogens with two attached hydrogens (primary N) is 1. The maximum absolute atomic E-state index is 12.1. The number of hydrogen-bond acceptors (Lipinski definition) is 6. The number of primary amides is 1. The van der Waals surface area contributed by atoms with Gasteiger partial charge < -0.3 is 25.4 Å². The zero-order valence-corrected chi connectivity index (χ0v) is 27.9. The number of amides is 2. The van der Waals surface area contributed by atoms with Crippen LogP contribution in [0.25, 0.3) is 11.3 Å². The van der Waals surface area contributed by atoms with Gasteiger partial charge in [0.2, 0.25) is 0 Å². The van der Waals surface area contributed by atoms with Crippen molar-refractivity contribution in [2.75, 3.05) is 46.0 Å². The molecule has 3 aliphatic rings. The van der Waals surface area contributed by atoms with Crippen LogP contribution in [0.1, 0.15) is 54.1 Å². The van der Waals surface area contributed by atoms with Crippen molar-refractivity contribution in [3.8, 4) is 23.1 Å². The van der Waals surface area contributed by atoms with Crippen LogP contribution in [0.5, 0.6) is 0 Å². The molecule has 3 aliphatic heterocycles. The second-order valence-electron chi connectivity index (χ2n) is 12.3. The monoisotopic (exact) mass is 664 g/mol. The number of ether oxygens (including phenoxy) is 2. The molecule has 2 fully saturated rings. The summed E-state index contributed by atoms with van der Waals surface area (Å²) in [5.74, 6) is 6.55. The number of carbonyl (C=O) groups is 1. The van der Waals surface area contributed by atoms with Crippen molar-refractivity contribution in [2.45, 2.75) is 64.4 Å². The minimum absolute atomic E-state index is 0.269. The molecule has 11 heteroatoms. The van der Waals surface area contributed by atoms with Crippen LogP contribution in [0.15, 0.2) is 36.4 Å². The number of nitrogens with one attached hydrogen (secondary N) is 1. The molecule has 0 bridgehead atoms. The molecule has 3 N–H and O–H groups in total. The number of benzene rings is 2. The topological polar surface area (TPSA) is 97.9 Å². The van der Waals surface area contributed by atoms with Crippen molar-refractivity contribution in [2.24, 2.45) is 5.73 Å². The van der Waals surface area contributed by atoms with Crippen LogP contribution in [0.3, 0.4) is 0 Å². The first-order valence-electron chi connectivity index (χ1n) is 16.2. The summed E-state index contributed by atoms with van der Waals surface area (Å²) in [6.45, 7) is 9.81. The van der Waals surface area contributed by atoms with E-state index in [1.807, 2.05) is 36.4 Å². The van der Waals surface area contributed by atoms with Gasteiger partial charge in [0, 0.05) is 91.3 Å². The quantitative estimate of drug-likeness (QED) is 0.310. The van der Waals surface area contributed by atoms with Gasteiger partial charge in [-0.15, -0.1) is 0 Å². The van der Waals surface area contributed by atoms with Crippen LogP contribution in [0, 0.1) is 11.8 Å². The molecule has 46 heavy (non-hydrogen) atoms. The number of carbonyl (C=O) groups excluding carboxylic acids is 1. The van der Waals surface area contributed by atoms with E-state index in [0.29, 0.717) is 47.7 Å². The fourth-order valence-electron chi connectivity index (χ4n) is 6.48. The summed E-state index contributed by atoms with van der Waals surface area (Å²) in [4.78, 5) is 16.3. The SMILES string of the molecule is C[C@@H]1COCCN1CCCn1nc(-c2ccc(Cl)c(C#Cc3ccc(Cl)c(CNCC4CCCO4)c3)c2)c2c1CCN(C(N)=O)C2. The molecule has 3 aromatic rings. The Hall–Kier alpha value is -3.10. The third-order valence-corrected chi connectivity index (χ3v) is 9.80. The number of morpholine rings is 1. The number of aryl methyl sites for hydroxylation is 1. The number of halogens is 2. The minimum atomic E-state index is -0.419. The van der Waals surface area contributed by atoms with Gasteiger partial charge in [-0.25, -0.2) is 4.79 Å². The van der Waals surface area contributed by atoms with Gasteiger partial charge in [-0.2, -0.15) is 5.10 Å². The molecule has 2 atom stereocenters. The molecule has 0 saturated carbocycles. The molecular formula is C35H42Cl2N6O3. The Kier molecular flexibility index (Phi) is 10.8. The summed E-state index contributed by atoms with van der Waals surface area (Å²) >= 11 is 13.2. The van der Waals surface area contributed by atoms with E-state index in [1.165, 1.54) is 0 Å². The lowest BCUT2D eigenvalue weighted by molar-refractivity contribution is -0.00122. The number of fused-ring (bicyclic) bond motifs is 1. The largest absolute Gasteiger partial charge is 0.379 e. The van der Waals surface area contributed by atoms with E-state index >= 15 is 0 Å². The van der Waals surface area contributed by atoms with Gasteiger partial charge in [-0.3, -0.25) is 9.58 Å². The van der Waals surface area contributed by atoms with Crippen LogP contribution in [-0.2, 0) is 35.5 Å². The molecule has 1 unspecified atom stereocenters. The van der Waals surface area contributed by atoms with Crippen LogP contribution < -0.4 is 11.1 Å². The van der Waals surface area contributed by atoms with Gasteiger partial charge in [0.15, 0.2) is 0 Å². The number of aromatic nitrogens is 2. The third-order valence-electron chi connectivity index (χ3n) is 9.10. The zero-order valence-electron chi connectivity index (χ0n) is 26.4. The maximum Gasteiger partial charge on any atom is 0.315 e. The highest BCUT2D eigenvalue weighted by Crippen LogP contribution is 2.32. The highest BCUT2D eigenvalue weighted by molar-refractivity contribution is 6.32. The molecule has 4 heterocycles. The standard InChI is InChI=1S/C35H42Cl2N6O3/c1-24-23-45-17-15-41(24)12-3-13-43-33-11-14-42(35(38)44)22-30(33)34(40-43)27-8-10-31(36)26(19-27)7-5-25-6-9-32(37)28(18-25)20-39-21-29-4-2-16-46-29/h6,8-10,18-19,24,29,39H,2-4,11-17,20-23H2,1H3,(H2,38,44)/t24-,29?/m1/s1. The molecule has 2 amide bonds. The van der Waals surface area contributed by atoms with Crippen LogP contribution in [0.4, 0.5) is 4.79 Å². The number of nitrogens with zero attached hydrogens (tertiary/aromatic N) is 4. The van der Waals surface area contributed by atoms with E-state index < -0.39 is 6.03 Å². The molecule has 0 radical (unpaired) electrons. The van der Waals surface area contributed by atoms with Crippen molar-refractivity contribution in [3.05, 3.63) is 74.4 Å². The lowest BCUT2D eigenvalue weighted by Gasteiger charge is -2.33. The second-order valence-corrected chi connectivity index (χ2v) is 13.2. The number of rotatable bonds is 9. The van der Waals surface area contributed by atoms with Gasteiger partial charge in [0.25, 0.3) is 0 Å². The van der Waals surface area contributed by atoms with Crippen LogP contribution in [-0.4, -0.2) is 83.8 Å². The number of urea groups is 1. The van der Waals surface area contributed by atoms with E-state index in [-0.39, 0.29) is 6.10 Å². The van der Waals surface area contributed by atoms with Gasteiger partial charge in [-0.1, -0.05) is 41.1 Å². The molecule has 2 saturated heterocycles. The highest BCUT2D eigenvalue weighted by atomic mass is 35.5. The Labute approximate surface area is 281 Å². The van der Waals surface area contributed by atoms with Crippen molar-refractivity contribution >= 4 is 29.2 Å². The molecule has 6 rings (SSSR count). The van der Waals surface area contributed by atoms with Crippen molar-refractivity contribution < 1.29 is 14.3 Å². The normalized spacial score (nSPS) is 19.9. The van der Waals surface area contributed by atoms with E-state index in [9.17, 15) is 4.79 Å². The molecule has 9 nitrogen and oxygen atoms in total. The molecule has 0 aliphatic carbocycles. The fourth-order valence-corrected chi connectivity index (χ4v) is 6.83. The fraction of sp³-hybridized carbons (Fsp3) is 0.486. The Morgan fingerprint density at radius 3 is 2.78 bits per heavy atom. The predicted molar refractivity (Wildman–Crippen MR) is 181 cm³/mol. The van der Waals surface area contributed by atoms with Gasteiger partial charge in [0.05, 0.1) is 36.6 Å². The van der Waals surface area contributed by atoms with Gasteiger partial charge in [-0.05, 0) is 62.1 Å². The summed E-state index contributed by atoms with van der Waals surface area (Å²) in [5.41, 5.74) is 12.2. The van der Waals surface area contributed by atoms with E-state index in [4.69, 9.17) is 43.5 Å². The Morgan fingerprint density at radius 2 is 1.98 bits per heavy atom. The lowest BCUT2D eigenvalue weighted by Crippen LogP contribution is -2.44. The molecule has 244 valence electrons. The van der Waals surface area contributed by atoms with Gasteiger partial charge in [0.1, 0.15) is 0 Å². The van der Waals surface area contributed by atoms with Crippen LogP contribution >= 0.6 is 23.2 Å². The van der Waals surface area contributed by atoms with Crippen molar-refractivity contribution in [1.29, 1.82) is 0 Å². The zero-order chi connectivity index (χ0) is 32.0. The first kappa shape index (κ1) is 32.8. The van der Waals surface area contributed by atoms with Crippen molar-refractivity contribution in [3.63, 3.8) is 0 Å². The van der Waals surface area contributed by atoms with E-state index in [2.05, 4.69) is 33.7 Å². The average Bonchev–Trinajstić information content (AvgIpc) is 3.71. The molecule has 0 spiro atoms. The summed E-state index contributed by atoms with van der Waals surface area (Å²) in [7, 11) is 0. The summed E-state index contributed by atoms with van der Waals surface area (Å²) in [6.07, 6.45) is 4.16. The summed E-state index contributed by atoms with van der Waals surface area (Å²) < 4.78 is 13.4. The maximum atomic E-state index is 12.1. The summed E-state index contributed by atoms with van der Waals surface area (Å²) in [6, 6.07) is 11.6. The van der Waals surface area contributed by atoms with E-state index in [1.54, 1.807) is 4.90 Å². The number of hydrogen-bond donors (Lipinski definition) is 2. The molecule has 2 aromatic carbocycles. The smallest absolute Gasteiger partial charge is 0.315 e. The predicted octanol–water partition coefficient (Wildman–Crippen LogP) is 5.07. The summed E-state index contributed by atoms with van der Waals surface area (Å²) in [5, 5.41) is 9.83. The highest BCUT2D eigenvalue weighted by Gasteiger charge is 2.28. The molecule has 1 aromatic heterocycles. The van der Waals surface area contributed by atoms with E-state index in [0.717, 1.165) is 98.9 Å². The lowest BCUT2D eigenvalue weighted by atomic mass is 9.99. The average molecular weight is 666 g/mol. The Balaban J connectivity index is 1.21. The molecular weight excluding hydrogens is 623 g/mol. The Bertz CT molecular complexity index is 1610. The van der Waals surface area contributed by atoms with Gasteiger partial charge >= 0.3 is 6.03 Å².